The van der Waals surface area contributed by atoms with Crippen molar-refractivity contribution in [3.05, 3.63) is 113 Å². The number of aromatic nitrogens is 6. The minimum atomic E-state index is -4.04. The van der Waals surface area contributed by atoms with E-state index in [1.54, 1.807) is 0 Å². The van der Waals surface area contributed by atoms with Crippen LogP contribution >= 0.6 is 0 Å². The number of rotatable bonds is 4. The van der Waals surface area contributed by atoms with E-state index in [1.807, 2.05) is 4.57 Å². The number of hydrogen-bond acceptors (Lipinski definition) is 6. The van der Waals surface area contributed by atoms with Gasteiger partial charge in [-0.1, -0.05) is 114 Å². The summed E-state index contributed by atoms with van der Waals surface area (Å²) in [5.41, 5.74) is 8.81. The van der Waals surface area contributed by atoms with Crippen LogP contribution < -0.4 is 0 Å². The Balaban J connectivity index is 1.18. The Hall–Kier alpha value is -5.15. The molecule has 1 atom stereocenters. The standard InChI is InChI=1S/C49H56N6O2S/c1-45(2,3)30-14-17-39-35(22-30)36-23-31(46(4,5)6)15-18-40(36)54(39)43-50-26-33(27-51-43)58(56,57)34-28-52-44(53-29-34)55-41-19-16-32(47(7,8)9)24-37(41)38-25-49(13,48(10,11)12)21-20-42(38)55/h14-24,26-29H,25H2,1-13H3. The van der Waals surface area contributed by atoms with Gasteiger partial charge in [-0.3, -0.25) is 9.13 Å². The quantitative estimate of drug-likeness (QED) is 0.176. The number of benzene rings is 3. The van der Waals surface area contributed by atoms with Crippen molar-refractivity contribution in [1.82, 2.24) is 29.1 Å². The molecule has 0 amide bonds. The summed E-state index contributed by atoms with van der Waals surface area (Å²) in [4.78, 5) is 18.7. The molecule has 1 aliphatic carbocycles. The highest BCUT2D eigenvalue weighted by Crippen LogP contribution is 2.49. The smallest absolute Gasteiger partial charge is 0.234 e. The van der Waals surface area contributed by atoms with Gasteiger partial charge in [0.2, 0.25) is 21.7 Å². The molecule has 0 bridgehead atoms. The lowest BCUT2D eigenvalue weighted by molar-refractivity contribution is 0.168. The molecule has 0 spiro atoms. The Morgan fingerprint density at radius 1 is 0.552 bits per heavy atom. The fraction of sp³-hybridized carbons (Fsp3) is 0.388. The van der Waals surface area contributed by atoms with Crippen molar-refractivity contribution in [3.63, 3.8) is 0 Å². The third-order valence-electron chi connectivity index (χ3n) is 12.6. The van der Waals surface area contributed by atoms with Gasteiger partial charge in [0.05, 0.1) is 47.0 Å². The zero-order valence-corrected chi connectivity index (χ0v) is 37.1. The highest BCUT2D eigenvalue weighted by Gasteiger charge is 2.39. The molecule has 1 aliphatic rings. The molecule has 8 rings (SSSR count). The Morgan fingerprint density at radius 2 is 0.931 bits per heavy atom. The topological polar surface area (TPSA) is 95.6 Å². The van der Waals surface area contributed by atoms with Crippen molar-refractivity contribution in [2.75, 3.05) is 0 Å². The van der Waals surface area contributed by atoms with Crippen LogP contribution in [0.4, 0.5) is 0 Å². The summed E-state index contributed by atoms with van der Waals surface area (Å²) in [5.74, 6) is 0.812. The molecule has 58 heavy (non-hydrogen) atoms. The largest absolute Gasteiger partial charge is 0.278 e. The third kappa shape index (κ3) is 6.46. The van der Waals surface area contributed by atoms with Gasteiger partial charge < -0.3 is 0 Å². The third-order valence-corrected chi connectivity index (χ3v) is 14.3. The summed E-state index contributed by atoms with van der Waals surface area (Å²) in [6.07, 6.45) is 10.9. The van der Waals surface area contributed by atoms with Gasteiger partial charge >= 0.3 is 0 Å². The Kier molecular flexibility index (Phi) is 8.84. The SMILES string of the molecule is CC(C)(C)c1ccc2c(c1)c1c(n2-c2ncc(S(=O)(=O)c3cnc(-n4c5ccc(C(C)(C)C)cc5c5cc(C(C)(C)C)ccc54)nc3)cn2)C=CC(C)(C(C)(C)C)C1. The van der Waals surface area contributed by atoms with Crippen molar-refractivity contribution in [3.8, 4) is 11.9 Å². The van der Waals surface area contributed by atoms with Crippen LogP contribution in [0.5, 0.6) is 0 Å². The minimum absolute atomic E-state index is 0.0226. The molecule has 0 radical (unpaired) electrons. The predicted molar refractivity (Wildman–Crippen MR) is 237 cm³/mol. The van der Waals surface area contributed by atoms with Crippen LogP contribution in [-0.2, 0) is 32.5 Å². The van der Waals surface area contributed by atoms with Gasteiger partial charge in [-0.05, 0) is 98.2 Å². The monoisotopic (exact) mass is 792 g/mol. The summed E-state index contributed by atoms with van der Waals surface area (Å²) in [7, 11) is -4.04. The van der Waals surface area contributed by atoms with Crippen molar-refractivity contribution in [1.29, 1.82) is 0 Å². The zero-order chi connectivity index (χ0) is 42.0. The molecule has 8 nitrogen and oxygen atoms in total. The average Bonchev–Trinajstić information content (AvgIpc) is 3.64. The normalized spacial score (nSPS) is 16.8. The number of fused-ring (bicyclic) bond motifs is 6. The van der Waals surface area contributed by atoms with E-state index in [-0.39, 0.29) is 36.9 Å². The van der Waals surface area contributed by atoms with Gasteiger partial charge in [0.15, 0.2) is 0 Å². The van der Waals surface area contributed by atoms with E-state index in [0.29, 0.717) is 11.9 Å². The van der Waals surface area contributed by atoms with Crippen LogP contribution in [0.3, 0.4) is 0 Å². The maximum Gasteiger partial charge on any atom is 0.234 e. The van der Waals surface area contributed by atoms with Crippen molar-refractivity contribution >= 4 is 48.6 Å². The molecule has 9 heteroatoms. The minimum Gasteiger partial charge on any atom is -0.278 e. The molecule has 0 saturated heterocycles. The van der Waals surface area contributed by atoms with E-state index in [9.17, 15) is 8.42 Å². The second kappa shape index (κ2) is 12.9. The second-order valence-electron chi connectivity index (χ2n) is 20.6. The first kappa shape index (κ1) is 39.7. The first-order chi connectivity index (χ1) is 26.9. The van der Waals surface area contributed by atoms with E-state index in [4.69, 9.17) is 9.97 Å². The lowest BCUT2D eigenvalue weighted by atomic mass is 9.63. The van der Waals surface area contributed by atoms with Crippen molar-refractivity contribution in [2.45, 2.75) is 122 Å². The summed E-state index contributed by atoms with van der Waals surface area (Å²) in [5, 5.41) is 3.39. The van der Waals surface area contributed by atoms with Crippen molar-refractivity contribution in [2.24, 2.45) is 10.8 Å². The molecular weight excluding hydrogens is 737 g/mol. The molecule has 300 valence electrons. The molecule has 7 aromatic rings. The number of nitrogens with zero attached hydrogens (tertiary/aromatic N) is 6. The summed E-state index contributed by atoms with van der Waals surface area (Å²) in [6, 6.07) is 19.7. The van der Waals surface area contributed by atoms with E-state index < -0.39 is 9.84 Å². The summed E-state index contributed by atoms with van der Waals surface area (Å²) in [6.45, 7) is 29.2. The number of sulfone groups is 1. The lowest BCUT2D eigenvalue weighted by Gasteiger charge is -2.41. The molecule has 0 saturated carbocycles. The number of hydrogen-bond donors (Lipinski definition) is 0. The molecule has 0 aliphatic heterocycles. The van der Waals surface area contributed by atoms with Crippen LogP contribution in [0, 0.1) is 10.8 Å². The Morgan fingerprint density at radius 3 is 1.33 bits per heavy atom. The van der Waals surface area contributed by atoms with Crippen LogP contribution in [0.15, 0.2) is 95.3 Å². The summed E-state index contributed by atoms with van der Waals surface area (Å²) >= 11 is 0. The lowest BCUT2D eigenvalue weighted by Crippen LogP contribution is -2.34. The van der Waals surface area contributed by atoms with Crippen LogP contribution in [-0.4, -0.2) is 37.5 Å². The first-order valence-electron chi connectivity index (χ1n) is 20.2. The fourth-order valence-electron chi connectivity index (χ4n) is 8.06. The summed E-state index contributed by atoms with van der Waals surface area (Å²) < 4.78 is 32.2. The maximum atomic E-state index is 14.1. The van der Waals surface area contributed by atoms with E-state index in [1.165, 1.54) is 52.4 Å². The van der Waals surface area contributed by atoms with Crippen LogP contribution in [0.25, 0.3) is 50.7 Å². The Bertz CT molecular complexity index is 2840. The second-order valence-corrected chi connectivity index (χ2v) is 22.5. The molecular formula is C49H56N6O2S. The average molecular weight is 793 g/mol. The molecule has 0 fully saturated rings. The molecule has 0 N–H and O–H groups in total. The molecule has 1 unspecified atom stereocenters. The molecule has 4 aromatic heterocycles. The number of allylic oxidation sites excluding steroid dienone is 1. The van der Waals surface area contributed by atoms with E-state index in [2.05, 4.69) is 171 Å². The van der Waals surface area contributed by atoms with Gasteiger partial charge in [-0.2, -0.15) is 0 Å². The molecule has 3 aromatic carbocycles. The maximum absolute atomic E-state index is 14.1. The van der Waals surface area contributed by atoms with Gasteiger partial charge in [0.1, 0.15) is 9.79 Å². The highest BCUT2D eigenvalue weighted by molar-refractivity contribution is 7.91. The van der Waals surface area contributed by atoms with E-state index >= 15 is 0 Å². The fourth-order valence-corrected chi connectivity index (χ4v) is 9.10. The van der Waals surface area contributed by atoms with E-state index in [0.717, 1.165) is 39.4 Å². The first-order valence-corrected chi connectivity index (χ1v) is 21.7. The van der Waals surface area contributed by atoms with Gasteiger partial charge in [-0.25, -0.2) is 28.4 Å². The van der Waals surface area contributed by atoms with Crippen LogP contribution in [0.1, 0.15) is 118 Å². The molecule has 4 heterocycles. The van der Waals surface area contributed by atoms with Gasteiger partial charge in [-0.15, -0.1) is 0 Å². The van der Waals surface area contributed by atoms with Gasteiger partial charge in [0.25, 0.3) is 0 Å². The Labute approximate surface area is 343 Å². The van der Waals surface area contributed by atoms with Gasteiger partial charge in [0, 0.05) is 16.2 Å². The highest BCUT2D eigenvalue weighted by atomic mass is 32.2. The zero-order valence-electron chi connectivity index (χ0n) is 36.3. The van der Waals surface area contributed by atoms with Crippen LogP contribution in [0.2, 0.25) is 0 Å². The van der Waals surface area contributed by atoms with Crippen molar-refractivity contribution < 1.29 is 8.42 Å². The predicted octanol–water partition coefficient (Wildman–Crippen LogP) is 11.7.